The second-order valence-corrected chi connectivity index (χ2v) is 4.47. The SMILES string of the molecule is O=C(N[C@@H](CO)CNc1ccccc1)c1ccccc1. The lowest BCUT2D eigenvalue weighted by Crippen LogP contribution is -2.42. The predicted octanol–water partition coefficient (Wildman–Crippen LogP) is 1.89. The molecular formula is C16H18N2O2. The Morgan fingerprint density at radius 2 is 1.60 bits per heavy atom. The van der Waals surface area contributed by atoms with Gasteiger partial charge in [0.15, 0.2) is 0 Å². The number of carbonyl (C=O) groups is 1. The second-order valence-electron chi connectivity index (χ2n) is 4.47. The molecule has 0 saturated carbocycles. The van der Waals surface area contributed by atoms with Gasteiger partial charge in [0, 0.05) is 17.8 Å². The molecule has 2 aromatic carbocycles. The monoisotopic (exact) mass is 270 g/mol. The first kappa shape index (κ1) is 14.1. The number of carbonyl (C=O) groups excluding carboxylic acids is 1. The van der Waals surface area contributed by atoms with Gasteiger partial charge < -0.3 is 15.7 Å². The molecule has 1 amide bonds. The first-order chi connectivity index (χ1) is 9.79. The van der Waals surface area contributed by atoms with Crippen LogP contribution >= 0.6 is 0 Å². The van der Waals surface area contributed by atoms with E-state index < -0.39 is 0 Å². The van der Waals surface area contributed by atoms with E-state index in [1.54, 1.807) is 12.1 Å². The molecule has 0 aromatic heterocycles. The summed E-state index contributed by atoms with van der Waals surface area (Å²) in [5, 5.41) is 15.3. The van der Waals surface area contributed by atoms with Crippen LogP contribution in [0.3, 0.4) is 0 Å². The third-order valence-electron chi connectivity index (χ3n) is 2.92. The van der Waals surface area contributed by atoms with Crippen molar-refractivity contribution in [1.29, 1.82) is 0 Å². The molecule has 0 aliphatic carbocycles. The number of rotatable bonds is 6. The number of para-hydroxylation sites is 1. The highest BCUT2D eigenvalue weighted by molar-refractivity contribution is 5.94. The number of amides is 1. The summed E-state index contributed by atoms with van der Waals surface area (Å²) in [7, 11) is 0. The maximum absolute atomic E-state index is 12.0. The first-order valence-corrected chi connectivity index (χ1v) is 6.55. The van der Waals surface area contributed by atoms with Gasteiger partial charge in [-0.25, -0.2) is 0 Å². The Morgan fingerprint density at radius 1 is 1.00 bits per heavy atom. The number of hydrogen-bond donors (Lipinski definition) is 3. The summed E-state index contributed by atoms with van der Waals surface area (Å²) in [6, 6.07) is 18.3. The zero-order valence-electron chi connectivity index (χ0n) is 11.1. The van der Waals surface area contributed by atoms with Crippen LogP contribution < -0.4 is 10.6 Å². The fourth-order valence-corrected chi connectivity index (χ4v) is 1.82. The van der Waals surface area contributed by atoms with Crippen LogP contribution in [-0.2, 0) is 0 Å². The smallest absolute Gasteiger partial charge is 0.251 e. The molecule has 0 radical (unpaired) electrons. The van der Waals surface area contributed by atoms with E-state index in [0.29, 0.717) is 12.1 Å². The number of benzene rings is 2. The van der Waals surface area contributed by atoms with Crippen molar-refractivity contribution in [2.75, 3.05) is 18.5 Å². The molecule has 2 aromatic rings. The highest BCUT2D eigenvalue weighted by Crippen LogP contribution is 2.05. The van der Waals surface area contributed by atoms with Gasteiger partial charge in [-0.15, -0.1) is 0 Å². The number of aliphatic hydroxyl groups is 1. The Hall–Kier alpha value is -2.33. The summed E-state index contributed by atoms with van der Waals surface area (Å²) in [5.74, 6) is -0.181. The van der Waals surface area contributed by atoms with Crippen LogP contribution in [0.25, 0.3) is 0 Å². The van der Waals surface area contributed by atoms with Crippen LogP contribution in [0.2, 0.25) is 0 Å². The maximum atomic E-state index is 12.0. The van der Waals surface area contributed by atoms with E-state index in [2.05, 4.69) is 10.6 Å². The van der Waals surface area contributed by atoms with Gasteiger partial charge in [-0.05, 0) is 24.3 Å². The van der Waals surface area contributed by atoms with E-state index in [1.807, 2.05) is 48.5 Å². The number of hydrogen-bond acceptors (Lipinski definition) is 3. The molecule has 4 heteroatoms. The van der Waals surface area contributed by atoms with Gasteiger partial charge in [0.05, 0.1) is 12.6 Å². The Kier molecular flexibility index (Phi) is 5.15. The van der Waals surface area contributed by atoms with Crippen molar-refractivity contribution < 1.29 is 9.90 Å². The lowest BCUT2D eigenvalue weighted by atomic mass is 10.2. The topological polar surface area (TPSA) is 61.4 Å². The minimum atomic E-state index is -0.331. The van der Waals surface area contributed by atoms with Crippen molar-refractivity contribution in [1.82, 2.24) is 5.32 Å². The third-order valence-corrected chi connectivity index (χ3v) is 2.92. The van der Waals surface area contributed by atoms with E-state index in [4.69, 9.17) is 0 Å². The summed E-state index contributed by atoms with van der Waals surface area (Å²) in [4.78, 5) is 12.0. The predicted molar refractivity (Wildman–Crippen MR) is 79.7 cm³/mol. The molecule has 4 nitrogen and oxygen atoms in total. The zero-order valence-corrected chi connectivity index (χ0v) is 11.1. The largest absolute Gasteiger partial charge is 0.394 e. The average molecular weight is 270 g/mol. The van der Waals surface area contributed by atoms with E-state index in [0.717, 1.165) is 5.69 Å². The molecule has 20 heavy (non-hydrogen) atoms. The van der Waals surface area contributed by atoms with Gasteiger partial charge in [0.25, 0.3) is 5.91 Å². The lowest BCUT2D eigenvalue weighted by Gasteiger charge is -2.17. The Labute approximate surface area is 118 Å². The third kappa shape index (κ3) is 4.10. The van der Waals surface area contributed by atoms with Crippen molar-refractivity contribution in [2.45, 2.75) is 6.04 Å². The number of nitrogens with one attached hydrogen (secondary N) is 2. The van der Waals surface area contributed by atoms with Crippen molar-refractivity contribution in [3.05, 3.63) is 66.2 Å². The molecule has 0 fully saturated rings. The van der Waals surface area contributed by atoms with Gasteiger partial charge in [-0.3, -0.25) is 4.79 Å². The molecule has 0 unspecified atom stereocenters. The summed E-state index contributed by atoms with van der Waals surface area (Å²) >= 11 is 0. The molecule has 104 valence electrons. The molecule has 0 bridgehead atoms. The lowest BCUT2D eigenvalue weighted by molar-refractivity contribution is 0.0920. The van der Waals surface area contributed by atoms with Crippen molar-refractivity contribution >= 4 is 11.6 Å². The molecule has 0 spiro atoms. The average Bonchev–Trinajstić information content (AvgIpc) is 2.53. The van der Waals surface area contributed by atoms with Crippen LogP contribution in [-0.4, -0.2) is 30.2 Å². The minimum Gasteiger partial charge on any atom is -0.394 e. The minimum absolute atomic E-state index is 0.113. The molecule has 0 saturated heterocycles. The Balaban J connectivity index is 1.88. The molecule has 0 heterocycles. The molecule has 2 rings (SSSR count). The fourth-order valence-electron chi connectivity index (χ4n) is 1.82. The van der Waals surface area contributed by atoms with Crippen LogP contribution in [0.15, 0.2) is 60.7 Å². The Morgan fingerprint density at radius 3 is 2.20 bits per heavy atom. The van der Waals surface area contributed by atoms with Gasteiger partial charge in [0.1, 0.15) is 0 Å². The second kappa shape index (κ2) is 7.31. The maximum Gasteiger partial charge on any atom is 0.251 e. The van der Waals surface area contributed by atoms with E-state index in [9.17, 15) is 9.90 Å². The summed E-state index contributed by atoms with van der Waals surface area (Å²) in [6.07, 6.45) is 0. The molecule has 0 aliphatic heterocycles. The van der Waals surface area contributed by atoms with E-state index in [1.165, 1.54) is 0 Å². The fraction of sp³-hybridized carbons (Fsp3) is 0.188. The van der Waals surface area contributed by atoms with Crippen LogP contribution in [0.1, 0.15) is 10.4 Å². The Bertz CT molecular complexity index is 529. The molecule has 3 N–H and O–H groups in total. The van der Waals surface area contributed by atoms with Crippen molar-refractivity contribution in [3.63, 3.8) is 0 Å². The molecule has 1 atom stereocenters. The number of anilines is 1. The van der Waals surface area contributed by atoms with Crippen molar-refractivity contribution in [3.8, 4) is 0 Å². The van der Waals surface area contributed by atoms with Gasteiger partial charge in [-0.1, -0.05) is 36.4 Å². The van der Waals surface area contributed by atoms with Crippen LogP contribution in [0.4, 0.5) is 5.69 Å². The summed E-state index contributed by atoms with van der Waals surface area (Å²) < 4.78 is 0. The van der Waals surface area contributed by atoms with Crippen LogP contribution in [0, 0.1) is 0 Å². The van der Waals surface area contributed by atoms with Gasteiger partial charge in [0.2, 0.25) is 0 Å². The van der Waals surface area contributed by atoms with Crippen molar-refractivity contribution in [2.24, 2.45) is 0 Å². The standard InChI is InChI=1S/C16H18N2O2/c19-12-15(11-17-14-9-5-2-6-10-14)18-16(20)13-7-3-1-4-8-13/h1-10,15,17,19H,11-12H2,(H,18,20)/t15-/m1/s1. The van der Waals surface area contributed by atoms with Gasteiger partial charge in [-0.2, -0.15) is 0 Å². The quantitative estimate of drug-likeness (QED) is 0.751. The van der Waals surface area contributed by atoms with Gasteiger partial charge >= 0.3 is 0 Å². The zero-order chi connectivity index (χ0) is 14.2. The van der Waals surface area contributed by atoms with E-state index in [-0.39, 0.29) is 18.6 Å². The molecule has 0 aliphatic rings. The normalized spacial score (nSPS) is 11.7. The first-order valence-electron chi connectivity index (χ1n) is 6.55. The summed E-state index contributed by atoms with van der Waals surface area (Å²) in [5.41, 5.74) is 1.55. The summed E-state index contributed by atoms with van der Waals surface area (Å²) in [6.45, 7) is 0.359. The molecular weight excluding hydrogens is 252 g/mol. The number of aliphatic hydroxyl groups excluding tert-OH is 1. The van der Waals surface area contributed by atoms with Crippen LogP contribution in [0.5, 0.6) is 0 Å². The highest BCUT2D eigenvalue weighted by Gasteiger charge is 2.12. The highest BCUT2D eigenvalue weighted by atomic mass is 16.3. The van der Waals surface area contributed by atoms with E-state index >= 15 is 0 Å².